The topological polar surface area (TPSA) is 24.5 Å². The van der Waals surface area contributed by atoms with E-state index in [-0.39, 0.29) is 5.54 Å². The average Bonchev–Trinajstić information content (AvgIpc) is 2.28. The van der Waals surface area contributed by atoms with E-state index in [0.717, 1.165) is 39.3 Å². The SMILES string of the molecule is C=CCCOCCN1CC(C)(C)NCC1CC. The van der Waals surface area contributed by atoms with Gasteiger partial charge < -0.3 is 10.1 Å². The molecule has 0 aromatic heterocycles. The molecule has 1 N–H and O–H groups in total. The molecule has 3 heteroatoms. The standard InChI is InChI=1S/C14H28N2O/c1-5-7-9-17-10-8-16-12-14(3,4)15-11-13(16)6-2/h5,13,15H,1,6-12H2,2-4H3. The second kappa shape index (κ2) is 7.14. The van der Waals surface area contributed by atoms with Crippen molar-refractivity contribution in [3.05, 3.63) is 12.7 Å². The van der Waals surface area contributed by atoms with E-state index in [9.17, 15) is 0 Å². The van der Waals surface area contributed by atoms with Crippen molar-refractivity contribution in [1.29, 1.82) is 0 Å². The third-order valence-electron chi connectivity index (χ3n) is 3.39. The third-order valence-corrected chi connectivity index (χ3v) is 3.39. The van der Waals surface area contributed by atoms with Crippen LogP contribution in [-0.2, 0) is 4.74 Å². The minimum atomic E-state index is 0.229. The first-order valence-corrected chi connectivity index (χ1v) is 6.77. The minimum Gasteiger partial charge on any atom is -0.380 e. The molecule has 0 radical (unpaired) electrons. The number of hydrogen-bond acceptors (Lipinski definition) is 3. The summed E-state index contributed by atoms with van der Waals surface area (Å²) in [4.78, 5) is 2.56. The van der Waals surface area contributed by atoms with Crippen LogP contribution in [0, 0.1) is 0 Å². The smallest absolute Gasteiger partial charge is 0.0593 e. The Labute approximate surface area is 106 Å². The molecule has 0 saturated carbocycles. The summed E-state index contributed by atoms with van der Waals surface area (Å²) in [6, 6.07) is 0.658. The lowest BCUT2D eigenvalue weighted by molar-refractivity contribution is 0.0493. The van der Waals surface area contributed by atoms with Crippen molar-refractivity contribution in [1.82, 2.24) is 10.2 Å². The van der Waals surface area contributed by atoms with E-state index in [1.165, 1.54) is 6.42 Å². The molecule has 1 atom stereocenters. The van der Waals surface area contributed by atoms with Crippen molar-refractivity contribution in [3.63, 3.8) is 0 Å². The number of nitrogens with one attached hydrogen (secondary N) is 1. The second-order valence-electron chi connectivity index (χ2n) is 5.49. The molecular formula is C14H28N2O. The van der Waals surface area contributed by atoms with Gasteiger partial charge in [0.2, 0.25) is 0 Å². The molecule has 1 unspecified atom stereocenters. The Morgan fingerprint density at radius 3 is 2.88 bits per heavy atom. The number of rotatable bonds is 7. The first-order valence-electron chi connectivity index (χ1n) is 6.77. The van der Waals surface area contributed by atoms with E-state index >= 15 is 0 Å². The summed E-state index contributed by atoms with van der Waals surface area (Å²) in [5.74, 6) is 0. The molecule has 17 heavy (non-hydrogen) atoms. The van der Waals surface area contributed by atoms with E-state index in [1.54, 1.807) is 0 Å². The lowest BCUT2D eigenvalue weighted by Crippen LogP contribution is -2.61. The fourth-order valence-corrected chi connectivity index (χ4v) is 2.33. The molecule has 0 aromatic carbocycles. The molecule has 1 aliphatic rings. The van der Waals surface area contributed by atoms with Crippen molar-refractivity contribution >= 4 is 0 Å². The highest BCUT2D eigenvalue weighted by atomic mass is 16.5. The quantitative estimate of drug-likeness (QED) is 0.544. The maximum Gasteiger partial charge on any atom is 0.0593 e. The molecule has 1 aliphatic heterocycles. The van der Waals surface area contributed by atoms with Gasteiger partial charge in [-0.25, -0.2) is 0 Å². The Morgan fingerprint density at radius 2 is 2.24 bits per heavy atom. The summed E-state index contributed by atoms with van der Waals surface area (Å²) in [5, 5.41) is 3.60. The van der Waals surface area contributed by atoms with Crippen LogP contribution in [0.4, 0.5) is 0 Å². The Morgan fingerprint density at radius 1 is 1.47 bits per heavy atom. The molecule has 0 aromatic rings. The normalized spacial score (nSPS) is 24.8. The van der Waals surface area contributed by atoms with Gasteiger partial charge in [0.25, 0.3) is 0 Å². The molecule has 100 valence electrons. The average molecular weight is 240 g/mol. The van der Waals surface area contributed by atoms with Crippen molar-refractivity contribution in [3.8, 4) is 0 Å². The van der Waals surface area contributed by atoms with Crippen LogP contribution in [0.2, 0.25) is 0 Å². The van der Waals surface area contributed by atoms with E-state index in [4.69, 9.17) is 4.74 Å². The Hall–Kier alpha value is -0.380. The highest BCUT2D eigenvalue weighted by molar-refractivity contribution is 4.91. The number of ether oxygens (including phenoxy) is 1. The van der Waals surface area contributed by atoms with Crippen LogP contribution in [-0.4, -0.2) is 49.3 Å². The summed E-state index contributed by atoms with van der Waals surface area (Å²) in [6.07, 6.45) is 4.06. The van der Waals surface area contributed by atoms with Crippen LogP contribution in [0.5, 0.6) is 0 Å². The van der Waals surface area contributed by atoms with Crippen LogP contribution < -0.4 is 5.32 Å². The summed E-state index contributed by atoms with van der Waals surface area (Å²) in [7, 11) is 0. The Kier molecular flexibility index (Phi) is 6.17. The number of nitrogens with zero attached hydrogens (tertiary/aromatic N) is 1. The highest BCUT2D eigenvalue weighted by Gasteiger charge is 2.30. The van der Waals surface area contributed by atoms with Gasteiger partial charge in [0.05, 0.1) is 13.2 Å². The molecule has 1 rings (SSSR count). The lowest BCUT2D eigenvalue weighted by atomic mass is 9.98. The monoisotopic (exact) mass is 240 g/mol. The summed E-state index contributed by atoms with van der Waals surface area (Å²) in [5.41, 5.74) is 0.229. The van der Waals surface area contributed by atoms with Crippen LogP contribution >= 0.6 is 0 Å². The fourth-order valence-electron chi connectivity index (χ4n) is 2.33. The van der Waals surface area contributed by atoms with Gasteiger partial charge in [-0.3, -0.25) is 4.90 Å². The van der Waals surface area contributed by atoms with Crippen LogP contribution in [0.25, 0.3) is 0 Å². The van der Waals surface area contributed by atoms with Crippen LogP contribution in [0.3, 0.4) is 0 Å². The molecule has 1 heterocycles. The first-order chi connectivity index (χ1) is 8.09. The van der Waals surface area contributed by atoms with Gasteiger partial charge in [0, 0.05) is 31.2 Å². The van der Waals surface area contributed by atoms with Gasteiger partial charge in [-0.15, -0.1) is 6.58 Å². The van der Waals surface area contributed by atoms with Crippen molar-refractivity contribution in [2.45, 2.75) is 45.2 Å². The highest BCUT2D eigenvalue weighted by Crippen LogP contribution is 2.16. The van der Waals surface area contributed by atoms with Gasteiger partial charge in [0.1, 0.15) is 0 Å². The fraction of sp³-hybridized carbons (Fsp3) is 0.857. The van der Waals surface area contributed by atoms with Crippen molar-refractivity contribution < 1.29 is 4.74 Å². The predicted octanol–water partition coefficient (Wildman–Crippen LogP) is 2.04. The van der Waals surface area contributed by atoms with Gasteiger partial charge >= 0.3 is 0 Å². The van der Waals surface area contributed by atoms with Crippen molar-refractivity contribution in [2.24, 2.45) is 0 Å². The zero-order chi connectivity index (χ0) is 12.7. The Balaban J connectivity index is 2.29. The molecule has 0 amide bonds. The van der Waals surface area contributed by atoms with Gasteiger partial charge in [-0.1, -0.05) is 13.0 Å². The maximum absolute atomic E-state index is 5.60. The van der Waals surface area contributed by atoms with Gasteiger partial charge in [-0.2, -0.15) is 0 Å². The summed E-state index contributed by atoms with van der Waals surface area (Å²) < 4.78 is 5.60. The van der Waals surface area contributed by atoms with Crippen LogP contribution in [0.1, 0.15) is 33.6 Å². The molecule has 0 spiro atoms. The third kappa shape index (κ3) is 5.19. The largest absolute Gasteiger partial charge is 0.380 e. The molecule has 1 saturated heterocycles. The van der Waals surface area contributed by atoms with Gasteiger partial charge in [0.15, 0.2) is 0 Å². The first kappa shape index (κ1) is 14.7. The van der Waals surface area contributed by atoms with Crippen molar-refractivity contribution in [2.75, 3.05) is 32.8 Å². The molecule has 0 aliphatic carbocycles. The number of hydrogen-bond donors (Lipinski definition) is 1. The Bertz CT molecular complexity index is 228. The zero-order valence-corrected chi connectivity index (χ0v) is 11.7. The van der Waals surface area contributed by atoms with Crippen LogP contribution in [0.15, 0.2) is 12.7 Å². The van der Waals surface area contributed by atoms with Gasteiger partial charge in [-0.05, 0) is 26.7 Å². The summed E-state index contributed by atoms with van der Waals surface area (Å²) >= 11 is 0. The molecule has 1 fully saturated rings. The van der Waals surface area contributed by atoms with E-state index in [2.05, 4.69) is 37.6 Å². The van der Waals surface area contributed by atoms with E-state index in [1.807, 2.05) is 6.08 Å². The summed E-state index contributed by atoms with van der Waals surface area (Å²) in [6.45, 7) is 15.4. The maximum atomic E-state index is 5.60. The minimum absolute atomic E-state index is 0.229. The van der Waals surface area contributed by atoms with E-state index < -0.39 is 0 Å². The molecule has 3 nitrogen and oxygen atoms in total. The van der Waals surface area contributed by atoms with E-state index in [0.29, 0.717) is 6.04 Å². The predicted molar refractivity (Wildman–Crippen MR) is 73.4 cm³/mol. The molecular weight excluding hydrogens is 212 g/mol. The zero-order valence-electron chi connectivity index (χ0n) is 11.7. The molecule has 0 bridgehead atoms. The lowest BCUT2D eigenvalue weighted by Gasteiger charge is -2.44. The number of piperazine rings is 1. The second-order valence-corrected chi connectivity index (χ2v) is 5.49.